The minimum atomic E-state index is -0.308. The predicted molar refractivity (Wildman–Crippen MR) is 69.5 cm³/mol. The molecule has 3 heteroatoms. The van der Waals surface area contributed by atoms with Gasteiger partial charge >= 0.3 is 0 Å². The highest BCUT2D eigenvalue weighted by atomic mass is 16.2. The van der Waals surface area contributed by atoms with Crippen LogP contribution in [0.4, 0.5) is 0 Å². The molecular weight excluding hydrogens is 212 g/mol. The van der Waals surface area contributed by atoms with Crippen LogP contribution in [0.5, 0.6) is 0 Å². The fraction of sp³-hybridized carbons (Fsp3) is 0.571. The number of nitrogens with one attached hydrogen (secondary N) is 1. The van der Waals surface area contributed by atoms with Crippen molar-refractivity contribution in [3.63, 3.8) is 0 Å². The van der Waals surface area contributed by atoms with Gasteiger partial charge < -0.3 is 5.32 Å². The van der Waals surface area contributed by atoms with Crippen molar-refractivity contribution in [2.75, 3.05) is 0 Å². The molecule has 1 aromatic heterocycles. The van der Waals surface area contributed by atoms with Crippen molar-refractivity contribution in [2.24, 2.45) is 5.41 Å². The van der Waals surface area contributed by atoms with E-state index in [4.69, 9.17) is 0 Å². The minimum Gasteiger partial charge on any atom is -0.348 e. The molecule has 17 heavy (non-hydrogen) atoms. The third kappa shape index (κ3) is 3.84. The Morgan fingerprint density at radius 3 is 2.71 bits per heavy atom. The van der Waals surface area contributed by atoms with Gasteiger partial charge in [0, 0.05) is 11.6 Å². The van der Waals surface area contributed by atoms with Crippen molar-refractivity contribution in [3.8, 4) is 0 Å². The van der Waals surface area contributed by atoms with Crippen LogP contribution in [0.3, 0.4) is 0 Å². The molecule has 3 nitrogen and oxygen atoms in total. The zero-order valence-corrected chi connectivity index (χ0v) is 11.2. The van der Waals surface area contributed by atoms with E-state index in [2.05, 4.69) is 17.2 Å². The van der Waals surface area contributed by atoms with E-state index in [1.807, 2.05) is 39.0 Å². The average molecular weight is 234 g/mol. The van der Waals surface area contributed by atoms with Crippen molar-refractivity contribution in [1.29, 1.82) is 0 Å². The summed E-state index contributed by atoms with van der Waals surface area (Å²) in [5, 5.41) is 3.02. The maximum absolute atomic E-state index is 12.1. The lowest BCUT2D eigenvalue weighted by atomic mass is 9.87. The minimum absolute atomic E-state index is 0.0418. The summed E-state index contributed by atoms with van der Waals surface area (Å²) in [7, 11) is 0. The first kappa shape index (κ1) is 13.7. The van der Waals surface area contributed by atoms with Crippen LogP contribution in [0.25, 0.3) is 0 Å². The third-order valence-electron chi connectivity index (χ3n) is 2.97. The molecule has 1 aromatic rings. The third-order valence-corrected chi connectivity index (χ3v) is 2.97. The number of pyridine rings is 1. The lowest BCUT2D eigenvalue weighted by Gasteiger charge is -2.25. The molecule has 1 N–H and O–H groups in total. The molecule has 0 aliphatic carbocycles. The SMILES string of the molecule is CCCC(C)(C)C(=O)N[C@@H](C)c1ccccn1. The first-order chi connectivity index (χ1) is 7.97. The lowest BCUT2D eigenvalue weighted by molar-refractivity contribution is -0.130. The summed E-state index contributed by atoms with van der Waals surface area (Å²) in [5.41, 5.74) is 0.589. The van der Waals surface area contributed by atoms with Crippen molar-refractivity contribution >= 4 is 5.91 Å². The maximum Gasteiger partial charge on any atom is 0.226 e. The molecule has 0 saturated carbocycles. The van der Waals surface area contributed by atoms with Crippen LogP contribution in [0, 0.1) is 5.41 Å². The van der Waals surface area contributed by atoms with Gasteiger partial charge in [0.25, 0.3) is 0 Å². The van der Waals surface area contributed by atoms with Crippen molar-refractivity contribution in [2.45, 2.75) is 46.6 Å². The second-order valence-electron chi connectivity index (χ2n) is 5.08. The number of carbonyl (C=O) groups is 1. The largest absolute Gasteiger partial charge is 0.348 e. The van der Waals surface area contributed by atoms with Gasteiger partial charge in [-0.15, -0.1) is 0 Å². The van der Waals surface area contributed by atoms with E-state index in [1.165, 1.54) is 0 Å². The molecule has 1 rings (SSSR count). The predicted octanol–water partition coefficient (Wildman–Crippen LogP) is 3.09. The fourth-order valence-corrected chi connectivity index (χ4v) is 1.84. The number of hydrogen-bond donors (Lipinski definition) is 1. The number of rotatable bonds is 5. The summed E-state index contributed by atoms with van der Waals surface area (Å²) in [6, 6.07) is 5.69. The molecule has 0 aromatic carbocycles. The number of hydrogen-bond acceptors (Lipinski definition) is 2. The Morgan fingerprint density at radius 2 is 2.18 bits per heavy atom. The number of aromatic nitrogens is 1. The van der Waals surface area contributed by atoms with E-state index in [-0.39, 0.29) is 17.4 Å². The highest BCUT2D eigenvalue weighted by molar-refractivity contribution is 5.82. The Bertz CT molecular complexity index is 360. The molecule has 0 aliphatic heterocycles. The normalized spacial score (nSPS) is 13.2. The van der Waals surface area contributed by atoms with Gasteiger partial charge in [-0.2, -0.15) is 0 Å². The summed E-state index contributed by atoms with van der Waals surface area (Å²) >= 11 is 0. The lowest BCUT2D eigenvalue weighted by Crippen LogP contribution is -2.38. The van der Waals surface area contributed by atoms with Gasteiger partial charge in [0.05, 0.1) is 11.7 Å². The molecule has 0 fully saturated rings. The Kier molecular flexibility index (Phi) is 4.67. The molecule has 0 bridgehead atoms. The van der Waals surface area contributed by atoms with Gasteiger partial charge in [0.2, 0.25) is 5.91 Å². The fourth-order valence-electron chi connectivity index (χ4n) is 1.84. The van der Waals surface area contributed by atoms with Gasteiger partial charge in [-0.3, -0.25) is 9.78 Å². The van der Waals surface area contributed by atoms with Gasteiger partial charge in [0.1, 0.15) is 0 Å². The van der Waals surface area contributed by atoms with E-state index < -0.39 is 0 Å². The highest BCUT2D eigenvalue weighted by Gasteiger charge is 2.27. The van der Waals surface area contributed by atoms with E-state index in [1.54, 1.807) is 6.20 Å². The van der Waals surface area contributed by atoms with E-state index in [0.29, 0.717) is 0 Å². The molecule has 0 radical (unpaired) electrons. The summed E-state index contributed by atoms with van der Waals surface area (Å²) in [5.74, 6) is 0.0949. The van der Waals surface area contributed by atoms with E-state index in [9.17, 15) is 4.79 Å². The number of amides is 1. The zero-order chi connectivity index (χ0) is 12.9. The molecule has 0 saturated heterocycles. The van der Waals surface area contributed by atoms with Crippen molar-refractivity contribution < 1.29 is 4.79 Å². The van der Waals surface area contributed by atoms with Crippen LogP contribution < -0.4 is 5.32 Å². The van der Waals surface area contributed by atoms with Gasteiger partial charge in [-0.25, -0.2) is 0 Å². The molecule has 0 unspecified atom stereocenters. The van der Waals surface area contributed by atoms with Crippen LogP contribution in [0.2, 0.25) is 0 Å². The van der Waals surface area contributed by atoms with Crippen molar-refractivity contribution in [3.05, 3.63) is 30.1 Å². The Hall–Kier alpha value is -1.38. The first-order valence-electron chi connectivity index (χ1n) is 6.19. The summed E-state index contributed by atoms with van der Waals surface area (Å²) in [4.78, 5) is 16.3. The zero-order valence-electron chi connectivity index (χ0n) is 11.2. The number of nitrogens with zero attached hydrogens (tertiary/aromatic N) is 1. The second-order valence-corrected chi connectivity index (χ2v) is 5.08. The standard InChI is InChI=1S/C14H22N2O/c1-5-9-14(3,4)13(17)16-11(2)12-8-6-7-10-15-12/h6-8,10-11H,5,9H2,1-4H3,(H,16,17)/t11-/m0/s1. The summed E-state index contributed by atoms with van der Waals surface area (Å²) in [6.07, 6.45) is 3.65. The molecular formula is C14H22N2O. The van der Waals surface area contributed by atoms with E-state index in [0.717, 1.165) is 18.5 Å². The molecule has 94 valence electrons. The van der Waals surface area contributed by atoms with E-state index >= 15 is 0 Å². The van der Waals surface area contributed by atoms with Crippen LogP contribution >= 0.6 is 0 Å². The first-order valence-corrected chi connectivity index (χ1v) is 6.19. The topological polar surface area (TPSA) is 42.0 Å². The molecule has 1 heterocycles. The number of carbonyl (C=O) groups excluding carboxylic acids is 1. The van der Waals surface area contributed by atoms with Crippen LogP contribution in [0.1, 0.15) is 52.3 Å². The summed E-state index contributed by atoms with van der Waals surface area (Å²) in [6.45, 7) is 8.02. The molecule has 0 spiro atoms. The quantitative estimate of drug-likeness (QED) is 0.850. The smallest absolute Gasteiger partial charge is 0.226 e. The molecule has 1 atom stereocenters. The average Bonchev–Trinajstić information content (AvgIpc) is 2.30. The monoisotopic (exact) mass is 234 g/mol. The Labute approximate surface area is 104 Å². The van der Waals surface area contributed by atoms with Gasteiger partial charge in [-0.1, -0.05) is 33.3 Å². The Morgan fingerprint density at radius 1 is 1.47 bits per heavy atom. The second kappa shape index (κ2) is 5.80. The van der Waals surface area contributed by atoms with Crippen LogP contribution in [-0.2, 0) is 4.79 Å². The van der Waals surface area contributed by atoms with Gasteiger partial charge in [-0.05, 0) is 25.5 Å². The molecule has 0 aliphatic rings. The summed E-state index contributed by atoms with van der Waals surface area (Å²) < 4.78 is 0. The van der Waals surface area contributed by atoms with Gasteiger partial charge in [0.15, 0.2) is 0 Å². The maximum atomic E-state index is 12.1. The highest BCUT2D eigenvalue weighted by Crippen LogP contribution is 2.23. The molecule has 1 amide bonds. The van der Waals surface area contributed by atoms with Crippen molar-refractivity contribution in [1.82, 2.24) is 10.3 Å². The van der Waals surface area contributed by atoms with Crippen LogP contribution in [-0.4, -0.2) is 10.9 Å². The van der Waals surface area contributed by atoms with Crippen LogP contribution in [0.15, 0.2) is 24.4 Å². The Balaban J connectivity index is 2.63.